The van der Waals surface area contributed by atoms with Crippen LogP contribution in [0.2, 0.25) is 0 Å². The monoisotopic (exact) mass is 231 g/mol. The Labute approximate surface area is 103 Å². The van der Waals surface area contributed by atoms with Crippen LogP contribution < -0.4 is 5.32 Å². The van der Waals surface area contributed by atoms with Gasteiger partial charge in [-0.2, -0.15) is 0 Å². The largest absolute Gasteiger partial charge is 0.381 e. The van der Waals surface area contributed by atoms with Crippen LogP contribution in [0.15, 0.2) is 24.3 Å². The third kappa shape index (κ3) is 3.08. The number of rotatable bonds is 5. The van der Waals surface area contributed by atoms with Crippen molar-refractivity contribution in [1.29, 1.82) is 0 Å². The first-order valence-electron chi connectivity index (χ1n) is 6.79. The lowest BCUT2D eigenvalue weighted by molar-refractivity contribution is 0.185. The zero-order valence-corrected chi connectivity index (χ0v) is 10.3. The van der Waals surface area contributed by atoms with Gasteiger partial charge < -0.3 is 10.1 Å². The normalized spacial score (nSPS) is 24.1. The van der Waals surface area contributed by atoms with Gasteiger partial charge in [0.05, 0.1) is 6.61 Å². The standard InChI is InChI=1S/C15H21NO/c1-2-12(8-15(3-1)14-4-5-14)9-16-10-13-6-7-17-11-13/h1-3,8,13-14,16H,4-7,9-11H2. The molecule has 1 heterocycles. The van der Waals surface area contributed by atoms with Crippen LogP contribution in [0.1, 0.15) is 36.3 Å². The fraction of sp³-hybridized carbons (Fsp3) is 0.600. The van der Waals surface area contributed by atoms with Crippen LogP contribution in [0, 0.1) is 5.92 Å². The van der Waals surface area contributed by atoms with Gasteiger partial charge in [-0.15, -0.1) is 0 Å². The third-order valence-electron chi connectivity index (χ3n) is 3.79. The maximum Gasteiger partial charge on any atom is 0.0507 e. The molecule has 1 N–H and O–H groups in total. The smallest absolute Gasteiger partial charge is 0.0507 e. The summed E-state index contributed by atoms with van der Waals surface area (Å²) in [6.07, 6.45) is 3.99. The summed E-state index contributed by atoms with van der Waals surface area (Å²) >= 11 is 0. The molecule has 1 atom stereocenters. The predicted octanol–water partition coefficient (Wildman–Crippen LogP) is 2.69. The van der Waals surface area contributed by atoms with Gasteiger partial charge in [0.25, 0.3) is 0 Å². The molecule has 2 aliphatic rings. The molecule has 0 spiro atoms. The average molecular weight is 231 g/mol. The van der Waals surface area contributed by atoms with E-state index in [0.717, 1.165) is 38.1 Å². The molecule has 17 heavy (non-hydrogen) atoms. The molecule has 92 valence electrons. The summed E-state index contributed by atoms with van der Waals surface area (Å²) in [5, 5.41) is 3.55. The van der Waals surface area contributed by atoms with E-state index in [4.69, 9.17) is 4.74 Å². The highest BCUT2D eigenvalue weighted by Gasteiger charge is 2.23. The minimum absolute atomic E-state index is 0.724. The van der Waals surface area contributed by atoms with Gasteiger partial charge >= 0.3 is 0 Å². The second kappa shape index (κ2) is 5.19. The predicted molar refractivity (Wildman–Crippen MR) is 69.0 cm³/mol. The molecule has 0 amide bonds. The second-order valence-corrected chi connectivity index (χ2v) is 5.38. The van der Waals surface area contributed by atoms with Crippen molar-refractivity contribution in [2.24, 2.45) is 5.92 Å². The zero-order valence-electron chi connectivity index (χ0n) is 10.3. The van der Waals surface area contributed by atoms with Crippen molar-refractivity contribution < 1.29 is 4.74 Å². The maximum absolute atomic E-state index is 5.38. The Bertz CT molecular complexity index is 367. The van der Waals surface area contributed by atoms with Crippen molar-refractivity contribution in [2.75, 3.05) is 19.8 Å². The quantitative estimate of drug-likeness (QED) is 0.841. The van der Waals surface area contributed by atoms with Gasteiger partial charge in [0.1, 0.15) is 0 Å². The number of nitrogens with one attached hydrogen (secondary N) is 1. The maximum atomic E-state index is 5.38. The lowest BCUT2D eigenvalue weighted by atomic mass is 10.1. The molecule has 1 aliphatic heterocycles. The van der Waals surface area contributed by atoms with Gasteiger partial charge in [0.2, 0.25) is 0 Å². The molecular formula is C15H21NO. The van der Waals surface area contributed by atoms with E-state index < -0.39 is 0 Å². The molecule has 3 rings (SSSR count). The Hall–Kier alpha value is -0.860. The van der Waals surface area contributed by atoms with Crippen molar-refractivity contribution in [3.8, 4) is 0 Å². The van der Waals surface area contributed by atoms with Crippen LogP contribution in [-0.2, 0) is 11.3 Å². The molecule has 1 saturated heterocycles. The lowest BCUT2D eigenvalue weighted by Crippen LogP contribution is -2.22. The van der Waals surface area contributed by atoms with Crippen molar-refractivity contribution in [1.82, 2.24) is 5.32 Å². The molecule has 0 bridgehead atoms. The fourth-order valence-electron chi connectivity index (χ4n) is 2.54. The van der Waals surface area contributed by atoms with Crippen LogP contribution in [-0.4, -0.2) is 19.8 Å². The summed E-state index contributed by atoms with van der Waals surface area (Å²) in [6, 6.07) is 9.06. The molecule has 2 nitrogen and oxygen atoms in total. The number of hydrogen-bond donors (Lipinski definition) is 1. The van der Waals surface area contributed by atoms with E-state index in [2.05, 4.69) is 29.6 Å². The highest BCUT2D eigenvalue weighted by molar-refractivity contribution is 5.29. The summed E-state index contributed by atoms with van der Waals surface area (Å²) in [4.78, 5) is 0. The summed E-state index contributed by atoms with van der Waals surface area (Å²) in [6.45, 7) is 3.98. The first-order chi connectivity index (χ1) is 8.42. The van der Waals surface area contributed by atoms with Gasteiger partial charge in [-0.3, -0.25) is 0 Å². The Kier molecular flexibility index (Phi) is 3.44. The average Bonchev–Trinajstić information content (AvgIpc) is 3.09. The van der Waals surface area contributed by atoms with E-state index in [0.29, 0.717) is 0 Å². The number of hydrogen-bond acceptors (Lipinski definition) is 2. The Morgan fingerprint density at radius 1 is 1.24 bits per heavy atom. The van der Waals surface area contributed by atoms with Gasteiger partial charge in [0.15, 0.2) is 0 Å². The second-order valence-electron chi connectivity index (χ2n) is 5.38. The van der Waals surface area contributed by atoms with Gasteiger partial charge in [-0.05, 0) is 42.2 Å². The Morgan fingerprint density at radius 3 is 2.94 bits per heavy atom. The molecule has 1 aliphatic carbocycles. The van der Waals surface area contributed by atoms with Gasteiger partial charge in [0, 0.05) is 19.7 Å². The van der Waals surface area contributed by atoms with Crippen LogP contribution in [0.25, 0.3) is 0 Å². The minimum Gasteiger partial charge on any atom is -0.381 e. The molecule has 1 aromatic carbocycles. The summed E-state index contributed by atoms with van der Waals surface area (Å²) in [5.74, 6) is 1.58. The fourth-order valence-corrected chi connectivity index (χ4v) is 2.54. The van der Waals surface area contributed by atoms with Crippen LogP contribution in [0.5, 0.6) is 0 Å². The summed E-state index contributed by atoms with van der Waals surface area (Å²) in [5.41, 5.74) is 2.96. The highest BCUT2D eigenvalue weighted by atomic mass is 16.5. The first kappa shape index (κ1) is 11.2. The van der Waals surface area contributed by atoms with Gasteiger partial charge in [-0.25, -0.2) is 0 Å². The van der Waals surface area contributed by atoms with E-state index in [1.807, 2.05) is 0 Å². The SMILES string of the molecule is c1cc(CNCC2CCOC2)cc(C2CC2)c1. The molecule has 1 unspecified atom stereocenters. The van der Waals surface area contributed by atoms with Crippen LogP contribution >= 0.6 is 0 Å². The zero-order chi connectivity index (χ0) is 11.5. The van der Waals surface area contributed by atoms with E-state index in [1.54, 1.807) is 0 Å². The molecule has 1 aromatic rings. The van der Waals surface area contributed by atoms with E-state index in [9.17, 15) is 0 Å². The Morgan fingerprint density at radius 2 is 2.18 bits per heavy atom. The molecule has 2 heteroatoms. The number of ether oxygens (including phenoxy) is 1. The molecule has 0 aromatic heterocycles. The van der Waals surface area contributed by atoms with Gasteiger partial charge in [-0.1, -0.05) is 24.3 Å². The Balaban J connectivity index is 1.48. The molecule has 0 radical (unpaired) electrons. The van der Waals surface area contributed by atoms with Crippen LogP contribution in [0.3, 0.4) is 0 Å². The van der Waals surface area contributed by atoms with E-state index >= 15 is 0 Å². The van der Waals surface area contributed by atoms with Crippen molar-refractivity contribution >= 4 is 0 Å². The lowest BCUT2D eigenvalue weighted by Gasteiger charge is -2.10. The minimum atomic E-state index is 0.724. The van der Waals surface area contributed by atoms with E-state index in [-0.39, 0.29) is 0 Å². The van der Waals surface area contributed by atoms with Crippen molar-refractivity contribution in [3.05, 3.63) is 35.4 Å². The van der Waals surface area contributed by atoms with Crippen molar-refractivity contribution in [2.45, 2.75) is 31.7 Å². The van der Waals surface area contributed by atoms with E-state index in [1.165, 1.54) is 30.4 Å². The summed E-state index contributed by atoms with van der Waals surface area (Å²) < 4.78 is 5.38. The first-order valence-corrected chi connectivity index (χ1v) is 6.79. The highest BCUT2D eigenvalue weighted by Crippen LogP contribution is 2.40. The molecule has 1 saturated carbocycles. The van der Waals surface area contributed by atoms with Crippen molar-refractivity contribution in [3.63, 3.8) is 0 Å². The summed E-state index contributed by atoms with van der Waals surface area (Å²) in [7, 11) is 0. The molecular weight excluding hydrogens is 210 g/mol. The van der Waals surface area contributed by atoms with Crippen LogP contribution in [0.4, 0.5) is 0 Å². The third-order valence-corrected chi connectivity index (χ3v) is 3.79. The number of benzene rings is 1. The molecule has 2 fully saturated rings. The topological polar surface area (TPSA) is 21.3 Å².